The number of rotatable bonds is 15. The summed E-state index contributed by atoms with van der Waals surface area (Å²) in [6.45, 7) is 18.1. The fraction of sp³-hybridized carbons (Fsp3) is 0.702. The van der Waals surface area contributed by atoms with Gasteiger partial charge in [0.2, 0.25) is 41.2 Å². The summed E-state index contributed by atoms with van der Waals surface area (Å²) < 4.78 is 17.2. The predicted octanol–water partition coefficient (Wildman–Crippen LogP) is 2.52. The van der Waals surface area contributed by atoms with Crippen LogP contribution in [0.15, 0.2) is 24.3 Å². The van der Waals surface area contributed by atoms with Crippen LogP contribution in [-0.4, -0.2) is 184 Å². The number of carbonyl (C=O) groups is 11. The van der Waals surface area contributed by atoms with Gasteiger partial charge in [-0.2, -0.15) is 0 Å². The largest absolute Gasteiger partial charge is 0.497 e. The molecule has 79 heavy (non-hydrogen) atoms. The highest BCUT2D eigenvalue weighted by Crippen LogP contribution is 2.27. The first-order valence-electron chi connectivity index (χ1n) is 27.9. The third-order valence-corrected chi connectivity index (χ3v) is 15.4. The van der Waals surface area contributed by atoms with Crippen LogP contribution in [0.25, 0.3) is 0 Å². The Labute approximate surface area is 465 Å². The molecule has 1 aromatic carbocycles. The average Bonchev–Trinajstić information content (AvgIpc) is 4.13. The monoisotopic (exact) mass is 1110 g/mol. The number of Topliss-reactive ketones (excluding diaryl/α,β-unsaturated/α-hetero) is 2. The van der Waals surface area contributed by atoms with Gasteiger partial charge in [0.05, 0.1) is 31.6 Å². The van der Waals surface area contributed by atoms with Crippen molar-refractivity contribution in [2.24, 2.45) is 29.6 Å². The Morgan fingerprint density at radius 2 is 1.49 bits per heavy atom. The fourth-order valence-corrected chi connectivity index (χ4v) is 10.5. The van der Waals surface area contributed by atoms with Crippen LogP contribution in [0.3, 0.4) is 0 Å². The van der Waals surface area contributed by atoms with Gasteiger partial charge in [-0.05, 0) is 93.7 Å². The number of hydrogen-bond acceptors (Lipinski definition) is 15. The van der Waals surface area contributed by atoms with Gasteiger partial charge in [-0.3, -0.25) is 47.9 Å². The van der Waals surface area contributed by atoms with Crippen molar-refractivity contribution in [3.05, 3.63) is 29.8 Å². The van der Waals surface area contributed by atoms with Crippen LogP contribution < -0.4 is 20.7 Å². The van der Waals surface area contributed by atoms with E-state index in [4.69, 9.17) is 14.2 Å². The second-order valence-corrected chi connectivity index (χ2v) is 22.8. The molecule has 0 spiro atoms. The third kappa shape index (κ3) is 16.8. The van der Waals surface area contributed by atoms with Gasteiger partial charge in [0.1, 0.15) is 48.1 Å². The molecule has 22 nitrogen and oxygen atoms in total. The number of aliphatic hydroxyl groups excluding tert-OH is 1. The van der Waals surface area contributed by atoms with Crippen molar-refractivity contribution in [1.82, 2.24) is 35.6 Å². The van der Waals surface area contributed by atoms with Gasteiger partial charge in [0.25, 0.3) is 5.91 Å². The van der Waals surface area contributed by atoms with Gasteiger partial charge in [0.15, 0.2) is 11.9 Å². The molecule has 0 aromatic heterocycles. The Balaban J connectivity index is 1.89. The minimum Gasteiger partial charge on any atom is -0.497 e. The molecule has 3 aliphatic heterocycles. The molecule has 3 saturated heterocycles. The number of aliphatic hydroxyl groups is 1. The summed E-state index contributed by atoms with van der Waals surface area (Å²) in [6, 6.07) is -2.32. The van der Waals surface area contributed by atoms with Crippen molar-refractivity contribution in [3.63, 3.8) is 0 Å². The van der Waals surface area contributed by atoms with E-state index in [1.54, 1.807) is 52.0 Å². The van der Waals surface area contributed by atoms with E-state index in [9.17, 15) is 57.8 Å². The number of ether oxygens (including phenoxy) is 3. The van der Waals surface area contributed by atoms with Gasteiger partial charge in [-0.1, -0.05) is 73.9 Å². The van der Waals surface area contributed by atoms with Crippen molar-refractivity contribution in [2.45, 2.75) is 195 Å². The second-order valence-electron chi connectivity index (χ2n) is 22.8. The molecule has 1 unspecified atom stereocenters. The van der Waals surface area contributed by atoms with Crippen molar-refractivity contribution in [1.29, 1.82) is 0 Å². The van der Waals surface area contributed by atoms with Crippen LogP contribution in [0.1, 0.15) is 133 Å². The number of hydrogen-bond donors (Lipinski definition) is 4. The van der Waals surface area contributed by atoms with Crippen molar-refractivity contribution < 1.29 is 72.1 Å². The Morgan fingerprint density at radius 1 is 0.861 bits per heavy atom. The Kier molecular flexibility index (Phi) is 24.0. The Bertz CT molecular complexity index is 2380. The summed E-state index contributed by atoms with van der Waals surface area (Å²) in [4.78, 5) is 160. The Hall–Kier alpha value is -6.45. The zero-order valence-corrected chi connectivity index (χ0v) is 48.7. The lowest BCUT2D eigenvalue weighted by atomic mass is 9.91. The summed E-state index contributed by atoms with van der Waals surface area (Å²) >= 11 is 0. The molecular formula is C57H87N7O15. The minimum atomic E-state index is -1.78. The van der Waals surface area contributed by atoms with Gasteiger partial charge < -0.3 is 54.9 Å². The van der Waals surface area contributed by atoms with E-state index in [-0.39, 0.29) is 57.0 Å². The van der Waals surface area contributed by atoms with Gasteiger partial charge in [-0.15, -0.1) is 0 Å². The SMILES string of the molecule is CC[C@H](C)[C@H]1NC(=O)[C@@H](NC(=O)[C@H](CC(C)C)N(C)C(=O)[C@@H]2CCCN2C(=O)C(C)=O)[C@@H](C)OC(=O)[C@H](Cc2ccc(OC)cc2)N(C)C(=O)[C@@H]2CCCN2C(=O)[C@H](CC(C)C)NC(=O)[C@@H](C)C(=O)C(C(C)C)OC(=O)C[C@@H]1O. The summed E-state index contributed by atoms with van der Waals surface area (Å²) in [5.74, 6) is -11.3. The van der Waals surface area contributed by atoms with Crippen molar-refractivity contribution >= 4 is 64.9 Å². The molecule has 1 aromatic rings. The highest BCUT2D eigenvalue weighted by atomic mass is 16.6. The highest BCUT2D eigenvalue weighted by molar-refractivity contribution is 6.35. The summed E-state index contributed by atoms with van der Waals surface area (Å²) in [7, 11) is 4.26. The number of likely N-dealkylation sites (tertiary alicyclic amines) is 1. The number of carbonyl (C=O) groups excluding carboxylic acids is 11. The number of nitrogens with one attached hydrogen (secondary N) is 3. The summed E-state index contributed by atoms with van der Waals surface area (Å²) in [5, 5.41) is 20.1. The molecule has 3 fully saturated rings. The quantitative estimate of drug-likeness (QED) is 0.112. The van der Waals surface area contributed by atoms with Crippen LogP contribution in [-0.2, 0) is 68.6 Å². The van der Waals surface area contributed by atoms with E-state index >= 15 is 0 Å². The lowest BCUT2D eigenvalue weighted by Gasteiger charge is -2.36. The van der Waals surface area contributed by atoms with E-state index in [1.807, 2.05) is 27.7 Å². The number of esters is 2. The first-order chi connectivity index (χ1) is 37.0. The molecule has 0 aliphatic carbocycles. The number of fused-ring (bicyclic) bond motifs is 1. The smallest absolute Gasteiger partial charge is 0.329 e. The van der Waals surface area contributed by atoms with Crippen LogP contribution in [0, 0.1) is 29.6 Å². The lowest BCUT2D eigenvalue weighted by molar-refractivity contribution is -0.163. The first kappa shape index (κ1) is 65.1. The molecule has 3 heterocycles. The standard InChI is InChI=1S/C57H87N7O15/c1-15-33(8)46-44(66)29-45(67)79-49(32(6)7)48(68)34(9)50(69)58-39(26-30(2)3)54(73)64-25-17-19-41(64)56(75)62(13)43(28-37-20-22-38(77-14)23-21-37)57(76)78-36(11)47(52(71)59-46)60-51(70)42(27-31(4)5)61(12)55(74)40-18-16-24-63(40)53(72)35(10)65/h20-23,30-34,36,39-44,46-47,49,66H,15-19,24-29H2,1-14H3,(H,58,69)(H,59,71)(H,60,70)/t33-,34-,36+,39-,40-,41-,42-,43-,44-,46+,47-,49?/m0/s1. The molecule has 3 aliphatic rings. The number of likely N-dealkylation sites (N-methyl/N-ethyl adjacent to an activating group) is 2. The van der Waals surface area contributed by atoms with Crippen LogP contribution >= 0.6 is 0 Å². The van der Waals surface area contributed by atoms with E-state index in [0.29, 0.717) is 30.6 Å². The third-order valence-electron chi connectivity index (χ3n) is 15.4. The summed E-state index contributed by atoms with van der Waals surface area (Å²) in [6.07, 6.45) is -3.76. The van der Waals surface area contributed by atoms with E-state index in [2.05, 4.69) is 16.0 Å². The number of benzene rings is 1. The predicted molar refractivity (Wildman–Crippen MR) is 289 cm³/mol. The maximum atomic E-state index is 15.0. The molecule has 7 amide bonds. The second kappa shape index (κ2) is 29.1. The Morgan fingerprint density at radius 3 is 2.06 bits per heavy atom. The van der Waals surface area contributed by atoms with E-state index in [1.165, 1.54) is 54.7 Å². The van der Waals surface area contributed by atoms with E-state index in [0.717, 1.165) is 6.92 Å². The van der Waals surface area contributed by atoms with E-state index < -0.39 is 150 Å². The highest BCUT2D eigenvalue weighted by Gasteiger charge is 2.46. The zero-order valence-electron chi connectivity index (χ0n) is 48.7. The number of nitrogens with zero attached hydrogens (tertiary/aromatic N) is 4. The van der Waals surface area contributed by atoms with Crippen LogP contribution in [0.5, 0.6) is 5.75 Å². The molecule has 12 atom stereocenters. The zero-order chi connectivity index (χ0) is 59.3. The van der Waals surface area contributed by atoms with Crippen molar-refractivity contribution in [3.8, 4) is 5.75 Å². The molecule has 0 bridgehead atoms. The number of cyclic esters (lactones) is 2. The van der Waals surface area contributed by atoms with Crippen LogP contribution in [0.4, 0.5) is 0 Å². The molecule has 4 rings (SSSR count). The van der Waals surface area contributed by atoms with Crippen LogP contribution in [0.2, 0.25) is 0 Å². The molecule has 440 valence electrons. The molecule has 0 radical (unpaired) electrons. The van der Waals surface area contributed by atoms with Gasteiger partial charge in [-0.25, -0.2) is 4.79 Å². The minimum absolute atomic E-state index is 0.0545. The molecular weight excluding hydrogens is 1020 g/mol. The van der Waals surface area contributed by atoms with Gasteiger partial charge >= 0.3 is 11.9 Å². The maximum absolute atomic E-state index is 15.0. The molecule has 0 saturated carbocycles. The number of ketones is 2. The maximum Gasteiger partial charge on any atom is 0.329 e. The number of amides is 7. The number of methoxy groups -OCH3 is 1. The average molecular weight is 1110 g/mol. The fourth-order valence-electron chi connectivity index (χ4n) is 10.5. The lowest BCUT2D eigenvalue weighted by Crippen LogP contribution is -2.62. The van der Waals surface area contributed by atoms with Crippen molar-refractivity contribution in [2.75, 3.05) is 34.3 Å². The molecule has 22 heteroatoms. The first-order valence-corrected chi connectivity index (χ1v) is 27.9. The van der Waals surface area contributed by atoms with Gasteiger partial charge in [0, 0.05) is 40.5 Å². The summed E-state index contributed by atoms with van der Waals surface area (Å²) in [5.41, 5.74) is 0.566. The normalized spacial score (nSPS) is 27.2. The topological polar surface area (TPSA) is 285 Å². The molecule has 4 N–H and O–H groups in total.